The fraction of sp³-hybridized carbons (Fsp3) is 0.867. The van der Waals surface area contributed by atoms with E-state index in [2.05, 4.69) is 4.72 Å². The maximum absolute atomic E-state index is 12.6. The molecule has 24 heavy (non-hydrogen) atoms. The van der Waals surface area contributed by atoms with Gasteiger partial charge in [0.2, 0.25) is 5.91 Å². The van der Waals surface area contributed by atoms with E-state index in [9.17, 15) is 18.0 Å². The third-order valence-corrected chi connectivity index (χ3v) is 6.24. The molecule has 0 aromatic rings. The SMILES string of the molecule is CCOC(=O)C1CCCN(S(=O)(=O)NC2CCN(C(C)=O)CC2)C1. The minimum absolute atomic E-state index is 0.0182. The van der Waals surface area contributed by atoms with E-state index in [1.165, 1.54) is 11.2 Å². The van der Waals surface area contributed by atoms with Crippen LogP contribution >= 0.6 is 0 Å². The molecule has 8 nitrogen and oxygen atoms in total. The minimum atomic E-state index is -3.63. The van der Waals surface area contributed by atoms with Crippen LogP contribution in [0.4, 0.5) is 0 Å². The van der Waals surface area contributed by atoms with E-state index in [1.807, 2.05) is 0 Å². The number of rotatable bonds is 5. The van der Waals surface area contributed by atoms with Gasteiger partial charge in [0.1, 0.15) is 0 Å². The Kier molecular flexibility index (Phi) is 6.59. The Labute approximate surface area is 143 Å². The molecule has 2 heterocycles. The van der Waals surface area contributed by atoms with Gasteiger partial charge in [0.05, 0.1) is 12.5 Å². The van der Waals surface area contributed by atoms with Crippen molar-refractivity contribution < 1.29 is 22.7 Å². The smallest absolute Gasteiger partial charge is 0.310 e. The zero-order chi connectivity index (χ0) is 17.7. The topological polar surface area (TPSA) is 96.0 Å². The van der Waals surface area contributed by atoms with Crippen LogP contribution in [0.25, 0.3) is 0 Å². The maximum Gasteiger partial charge on any atom is 0.310 e. The van der Waals surface area contributed by atoms with E-state index in [4.69, 9.17) is 4.74 Å². The van der Waals surface area contributed by atoms with Crippen molar-refractivity contribution in [2.75, 3.05) is 32.8 Å². The second kappa shape index (κ2) is 8.26. The molecule has 2 rings (SSSR count). The monoisotopic (exact) mass is 361 g/mol. The summed E-state index contributed by atoms with van der Waals surface area (Å²) in [6, 6.07) is -0.173. The average molecular weight is 361 g/mol. The van der Waals surface area contributed by atoms with Crippen LogP contribution in [-0.2, 0) is 24.5 Å². The van der Waals surface area contributed by atoms with Crippen LogP contribution in [0, 0.1) is 5.92 Å². The number of ether oxygens (including phenoxy) is 1. The Morgan fingerprint density at radius 2 is 1.83 bits per heavy atom. The summed E-state index contributed by atoms with van der Waals surface area (Å²) in [7, 11) is -3.63. The van der Waals surface area contributed by atoms with Crippen molar-refractivity contribution in [1.29, 1.82) is 0 Å². The Morgan fingerprint density at radius 1 is 1.17 bits per heavy atom. The second-order valence-corrected chi connectivity index (χ2v) is 8.05. The third kappa shape index (κ3) is 4.90. The fourth-order valence-electron chi connectivity index (χ4n) is 3.21. The Hall–Kier alpha value is -1.19. The lowest BCUT2D eigenvalue weighted by Gasteiger charge is -2.35. The maximum atomic E-state index is 12.6. The molecular formula is C15H27N3O5S. The molecule has 0 aliphatic carbocycles. The van der Waals surface area contributed by atoms with Crippen molar-refractivity contribution in [3.05, 3.63) is 0 Å². The highest BCUT2D eigenvalue weighted by atomic mass is 32.2. The van der Waals surface area contributed by atoms with Crippen molar-refractivity contribution >= 4 is 22.1 Å². The fourth-order valence-corrected chi connectivity index (χ4v) is 4.76. The molecule has 0 aromatic carbocycles. The predicted octanol–water partition coefficient (Wildman–Crippen LogP) is 0.107. The summed E-state index contributed by atoms with van der Waals surface area (Å²) in [6.07, 6.45) is 2.51. The minimum Gasteiger partial charge on any atom is -0.466 e. The van der Waals surface area contributed by atoms with E-state index in [1.54, 1.807) is 11.8 Å². The van der Waals surface area contributed by atoms with Gasteiger partial charge in [-0.15, -0.1) is 0 Å². The third-order valence-electron chi connectivity index (χ3n) is 4.60. The number of likely N-dealkylation sites (tertiary alicyclic amines) is 1. The highest BCUT2D eigenvalue weighted by Gasteiger charge is 2.34. The molecule has 1 atom stereocenters. The van der Waals surface area contributed by atoms with Crippen molar-refractivity contribution in [2.24, 2.45) is 5.92 Å². The molecule has 2 aliphatic rings. The Balaban J connectivity index is 1.90. The molecule has 2 fully saturated rings. The number of piperidine rings is 2. The van der Waals surface area contributed by atoms with Gasteiger partial charge in [-0.3, -0.25) is 9.59 Å². The van der Waals surface area contributed by atoms with Gasteiger partial charge in [0, 0.05) is 39.1 Å². The number of esters is 1. The normalized spacial score (nSPS) is 23.9. The molecule has 0 aromatic heterocycles. The lowest BCUT2D eigenvalue weighted by Crippen LogP contribution is -2.52. The van der Waals surface area contributed by atoms with Crippen LogP contribution in [0.1, 0.15) is 39.5 Å². The largest absolute Gasteiger partial charge is 0.466 e. The Bertz CT molecular complexity index is 557. The molecule has 0 radical (unpaired) electrons. The van der Waals surface area contributed by atoms with Crippen molar-refractivity contribution in [2.45, 2.75) is 45.6 Å². The van der Waals surface area contributed by atoms with Crippen molar-refractivity contribution in [3.8, 4) is 0 Å². The van der Waals surface area contributed by atoms with Gasteiger partial charge in [-0.05, 0) is 32.6 Å². The van der Waals surface area contributed by atoms with Crippen LogP contribution < -0.4 is 4.72 Å². The van der Waals surface area contributed by atoms with Gasteiger partial charge in [0.15, 0.2) is 0 Å². The van der Waals surface area contributed by atoms with Crippen LogP contribution in [0.5, 0.6) is 0 Å². The molecule has 2 saturated heterocycles. The van der Waals surface area contributed by atoms with E-state index in [-0.39, 0.29) is 24.5 Å². The number of nitrogens with one attached hydrogen (secondary N) is 1. The second-order valence-electron chi connectivity index (χ2n) is 6.35. The molecule has 9 heteroatoms. The van der Waals surface area contributed by atoms with Gasteiger partial charge in [0.25, 0.3) is 10.2 Å². The zero-order valence-corrected chi connectivity index (χ0v) is 15.2. The Morgan fingerprint density at radius 3 is 2.42 bits per heavy atom. The number of carbonyl (C=O) groups is 2. The van der Waals surface area contributed by atoms with Crippen molar-refractivity contribution in [3.63, 3.8) is 0 Å². The van der Waals surface area contributed by atoms with Gasteiger partial charge >= 0.3 is 5.97 Å². The molecule has 0 bridgehead atoms. The molecule has 1 amide bonds. The lowest BCUT2D eigenvalue weighted by atomic mass is 10.0. The molecular weight excluding hydrogens is 334 g/mol. The lowest BCUT2D eigenvalue weighted by molar-refractivity contribution is -0.149. The average Bonchev–Trinajstić information content (AvgIpc) is 2.55. The number of nitrogens with zero attached hydrogens (tertiary/aromatic N) is 2. The van der Waals surface area contributed by atoms with Crippen LogP contribution in [0.15, 0.2) is 0 Å². The first-order valence-corrected chi connectivity index (χ1v) is 9.97. The van der Waals surface area contributed by atoms with E-state index < -0.39 is 16.1 Å². The number of hydrogen-bond acceptors (Lipinski definition) is 5. The first-order valence-electron chi connectivity index (χ1n) is 8.53. The number of carbonyl (C=O) groups excluding carboxylic acids is 2. The quantitative estimate of drug-likeness (QED) is 0.701. The van der Waals surface area contributed by atoms with Crippen LogP contribution in [0.2, 0.25) is 0 Å². The zero-order valence-electron chi connectivity index (χ0n) is 14.4. The predicted molar refractivity (Wildman–Crippen MR) is 88.3 cm³/mol. The molecule has 0 saturated carbocycles. The number of amides is 1. The van der Waals surface area contributed by atoms with E-state index in [0.717, 1.165) is 0 Å². The van der Waals surface area contributed by atoms with Gasteiger partial charge in [-0.2, -0.15) is 17.4 Å². The van der Waals surface area contributed by atoms with Gasteiger partial charge < -0.3 is 9.64 Å². The van der Waals surface area contributed by atoms with E-state index in [0.29, 0.717) is 51.9 Å². The van der Waals surface area contributed by atoms with Crippen LogP contribution in [-0.4, -0.2) is 68.3 Å². The van der Waals surface area contributed by atoms with Gasteiger partial charge in [-0.25, -0.2) is 0 Å². The molecule has 2 aliphatic heterocycles. The summed E-state index contributed by atoms with van der Waals surface area (Å²) in [5.41, 5.74) is 0. The summed E-state index contributed by atoms with van der Waals surface area (Å²) in [6.45, 7) is 5.27. The summed E-state index contributed by atoms with van der Waals surface area (Å²) in [4.78, 5) is 24.9. The highest BCUT2D eigenvalue weighted by molar-refractivity contribution is 7.87. The molecule has 1 N–H and O–H groups in total. The van der Waals surface area contributed by atoms with Crippen LogP contribution in [0.3, 0.4) is 0 Å². The summed E-state index contributed by atoms with van der Waals surface area (Å²) in [5.74, 6) is -0.702. The summed E-state index contributed by atoms with van der Waals surface area (Å²) >= 11 is 0. The standard InChI is InChI=1S/C15H27N3O5S/c1-3-23-15(20)13-5-4-8-18(11-13)24(21,22)16-14-6-9-17(10-7-14)12(2)19/h13-14,16H,3-11H2,1-2H3. The highest BCUT2D eigenvalue weighted by Crippen LogP contribution is 2.21. The van der Waals surface area contributed by atoms with Gasteiger partial charge in [-0.1, -0.05) is 0 Å². The summed E-state index contributed by atoms with van der Waals surface area (Å²) < 4.78 is 34.2. The summed E-state index contributed by atoms with van der Waals surface area (Å²) in [5, 5.41) is 0. The molecule has 0 spiro atoms. The van der Waals surface area contributed by atoms with Crippen molar-refractivity contribution in [1.82, 2.24) is 13.9 Å². The first-order chi connectivity index (χ1) is 11.3. The van der Waals surface area contributed by atoms with E-state index >= 15 is 0 Å². The first kappa shape index (κ1) is 19.1. The number of hydrogen-bond donors (Lipinski definition) is 1. The molecule has 1 unspecified atom stereocenters. The molecule has 138 valence electrons.